The lowest BCUT2D eigenvalue weighted by atomic mass is 10.1. The fourth-order valence-corrected chi connectivity index (χ4v) is 4.42. The van der Waals surface area contributed by atoms with Gasteiger partial charge in [0.25, 0.3) is 0 Å². The molecule has 1 saturated heterocycles. The van der Waals surface area contributed by atoms with Crippen LogP contribution in [-0.2, 0) is 17.0 Å². The maximum atomic E-state index is 12.0. The molecule has 0 bridgehead atoms. The second kappa shape index (κ2) is 8.14. The fraction of sp³-hybridized carbons (Fsp3) is 0.421. The number of thioether (sulfide) groups is 1. The van der Waals surface area contributed by atoms with Crippen molar-refractivity contribution < 1.29 is 9.15 Å². The van der Waals surface area contributed by atoms with Gasteiger partial charge in [-0.15, -0.1) is 10.2 Å². The number of ether oxygens (including phenoxy) is 1. The zero-order valence-electron chi connectivity index (χ0n) is 15.8. The summed E-state index contributed by atoms with van der Waals surface area (Å²) < 4.78 is 12.9. The second-order valence-electron chi connectivity index (χ2n) is 6.60. The van der Waals surface area contributed by atoms with Gasteiger partial charge in [-0.3, -0.25) is 4.57 Å². The van der Waals surface area contributed by atoms with Gasteiger partial charge in [0.05, 0.1) is 13.2 Å². The Bertz CT molecular complexity index is 1060. The molecule has 9 heteroatoms. The van der Waals surface area contributed by atoms with E-state index >= 15 is 0 Å². The Balaban J connectivity index is 1.62. The van der Waals surface area contributed by atoms with E-state index in [-0.39, 0.29) is 5.63 Å². The highest BCUT2D eigenvalue weighted by molar-refractivity contribution is 7.98. The minimum absolute atomic E-state index is 0.365. The van der Waals surface area contributed by atoms with Gasteiger partial charge in [0.15, 0.2) is 5.16 Å². The van der Waals surface area contributed by atoms with Gasteiger partial charge >= 0.3 is 5.63 Å². The summed E-state index contributed by atoms with van der Waals surface area (Å²) in [6.45, 7) is 7.75. The lowest BCUT2D eigenvalue weighted by Crippen LogP contribution is -2.38. The third-order valence-corrected chi connectivity index (χ3v) is 6.20. The summed E-state index contributed by atoms with van der Waals surface area (Å²) in [6.07, 6.45) is 0. The molecule has 0 amide bonds. The smallest absolute Gasteiger partial charge is 0.336 e. The topological polar surface area (TPSA) is 73.4 Å². The summed E-state index contributed by atoms with van der Waals surface area (Å²) in [7, 11) is 0. The van der Waals surface area contributed by atoms with Crippen LogP contribution in [-0.4, -0.2) is 41.1 Å². The van der Waals surface area contributed by atoms with Crippen LogP contribution in [0, 0.1) is 6.92 Å². The van der Waals surface area contributed by atoms with Gasteiger partial charge in [0, 0.05) is 41.9 Å². The first kappa shape index (κ1) is 19.3. The average molecular weight is 421 g/mol. The van der Waals surface area contributed by atoms with E-state index in [9.17, 15) is 4.79 Å². The SMILES string of the molecule is CCn1c(SCc2cc(=O)oc3cc(C)c(Cl)cc23)nnc1N1CCOCC1. The van der Waals surface area contributed by atoms with Crippen molar-refractivity contribution in [2.75, 3.05) is 31.2 Å². The molecule has 0 atom stereocenters. The maximum Gasteiger partial charge on any atom is 0.336 e. The van der Waals surface area contributed by atoms with E-state index in [2.05, 4.69) is 26.6 Å². The summed E-state index contributed by atoms with van der Waals surface area (Å²) in [6, 6.07) is 5.18. The summed E-state index contributed by atoms with van der Waals surface area (Å²) in [5.74, 6) is 1.44. The quantitative estimate of drug-likeness (QED) is 0.462. The molecule has 0 aliphatic carbocycles. The molecular weight excluding hydrogens is 400 g/mol. The zero-order valence-corrected chi connectivity index (χ0v) is 17.3. The Morgan fingerprint density at radius 1 is 1.21 bits per heavy atom. The molecule has 7 nitrogen and oxygen atoms in total. The molecule has 1 fully saturated rings. The second-order valence-corrected chi connectivity index (χ2v) is 7.95. The first-order valence-corrected chi connectivity index (χ1v) is 10.5. The van der Waals surface area contributed by atoms with E-state index in [0.29, 0.717) is 29.6 Å². The Labute approximate surface area is 171 Å². The molecule has 0 N–H and O–H groups in total. The van der Waals surface area contributed by atoms with Crippen molar-refractivity contribution in [3.63, 3.8) is 0 Å². The molecule has 28 heavy (non-hydrogen) atoms. The van der Waals surface area contributed by atoms with E-state index in [4.69, 9.17) is 20.8 Å². The molecule has 1 aliphatic rings. The van der Waals surface area contributed by atoms with Crippen molar-refractivity contribution in [1.29, 1.82) is 0 Å². The molecule has 0 unspecified atom stereocenters. The number of benzene rings is 1. The number of aryl methyl sites for hydroxylation is 1. The minimum atomic E-state index is -0.365. The first-order valence-electron chi connectivity index (χ1n) is 9.18. The number of fused-ring (bicyclic) bond motifs is 1. The van der Waals surface area contributed by atoms with Crippen molar-refractivity contribution in [2.24, 2.45) is 0 Å². The molecule has 148 valence electrons. The number of morpholine rings is 1. The number of rotatable bonds is 5. The highest BCUT2D eigenvalue weighted by Gasteiger charge is 2.20. The molecule has 4 rings (SSSR count). The van der Waals surface area contributed by atoms with Crippen LogP contribution < -0.4 is 10.5 Å². The monoisotopic (exact) mass is 420 g/mol. The first-order chi connectivity index (χ1) is 13.6. The summed E-state index contributed by atoms with van der Waals surface area (Å²) in [4.78, 5) is 14.2. The number of hydrogen-bond acceptors (Lipinski definition) is 7. The number of nitrogens with zero attached hydrogens (tertiary/aromatic N) is 4. The highest BCUT2D eigenvalue weighted by atomic mass is 35.5. The normalized spacial score (nSPS) is 14.8. The van der Waals surface area contributed by atoms with Gasteiger partial charge in [-0.05, 0) is 37.1 Å². The van der Waals surface area contributed by atoms with Crippen molar-refractivity contribution in [1.82, 2.24) is 14.8 Å². The van der Waals surface area contributed by atoms with Crippen LogP contribution in [0.1, 0.15) is 18.1 Å². The molecule has 3 aromatic rings. The molecule has 3 heterocycles. The number of halogens is 1. The Morgan fingerprint density at radius 3 is 2.75 bits per heavy atom. The number of hydrogen-bond donors (Lipinski definition) is 0. The van der Waals surface area contributed by atoms with E-state index in [0.717, 1.165) is 47.3 Å². The van der Waals surface area contributed by atoms with E-state index < -0.39 is 0 Å². The van der Waals surface area contributed by atoms with Crippen LogP contribution >= 0.6 is 23.4 Å². The van der Waals surface area contributed by atoms with Crippen molar-refractivity contribution in [2.45, 2.75) is 31.3 Å². The van der Waals surface area contributed by atoms with Gasteiger partial charge in [-0.2, -0.15) is 0 Å². The molecular formula is C19H21ClN4O3S. The lowest BCUT2D eigenvalue weighted by molar-refractivity contribution is 0.121. The van der Waals surface area contributed by atoms with Crippen LogP contribution in [0.5, 0.6) is 0 Å². The summed E-state index contributed by atoms with van der Waals surface area (Å²) >= 11 is 7.84. The van der Waals surface area contributed by atoms with E-state index in [1.165, 1.54) is 6.07 Å². The number of aromatic nitrogens is 3. The molecule has 0 radical (unpaired) electrons. The van der Waals surface area contributed by atoms with Gasteiger partial charge < -0.3 is 14.1 Å². The van der Waals surface area contributed by atoms with Crippen molar-refractivity contribution >= 4 is 40.3 Å². The van der Waals surface area contributed by atoms with Crippen LogP contribution in [0.3, 0.4) is 0 Å². The van der Waals surface area contributed by atoms with Crippen molar-refractivity contribution in [3.05, 3.63) is 44.8 Å². The highest BCUT2D eigenvalue weighted by Crippen LogP contribution is 2.30. The summed E-state index contributed by atoms with van der Waals surface area (Å²) in [5.41, 5.74) is 1.94. The maximum absolute atomic E-state index is 12.0. The van der Waals surface area contributed by atoms with Crippen LogP contribution in [0.2, 0.25) is 5.02 Å². The Morgan fingerprint density at radius 2 is 2.00 bits per heavy atom. The zero-order chi connectivity index (χ0) is 19.7. The predicted octanol–water partition coefficient (Wildman–Crippen LogP) is 3.50. The Hall–Kier alpha value is -2.03. The average Bonchev–Trinajstić information content (AvgIpc) is 3.11. The van der Waals surface area contributed by atoms with Crippen LogP contribution in [0.25, 0.3) is 11.0 Å². The van der Waals surface area contributed by atoms with E-state index in [1.54, 1.807) is 17.8 Å². The fourth-order valence-electron chi connectivity index (χ4n) is 3.27. The standard InChI is InChI=1S/C19H21ClN4O3S/c1-3-24-18(23-4-6-26-7-5-23)21-22-19(24)28-11-13-9-17(25)27-16-8-12(2)15(20)10-14(13)16/h8-10H,3-7,11H2,1-2H3. The third kappa shape index (κ3) is 3.76. The number of anilines is 1. The predicted molar refractivity (Wildman–Crippen MR) is 111 cm³/mol. The largest absolute Gasteiger partial charge is 0.423 e. The molecule has 2 aromatic heterocycles. The third-order valence-electron chi connectivity index (χ3n) is 4.77. The molecule has 1 aliphatic heterocycles. The lowest BCUT2D eigenvalue weighted by Gasteiger charge is -2.27. The van der Waals surface area contributed by atoms with Crippen LogP contribution in [0.15, 0.2) is 32.6 Å². The van der Waals surface area contributed by atoms with Gasteiger partial charge in [0.1, 0.15) is 5.58 Å². The summed E-state index contributed by atoms with van der Waals surface area (Å²) in [5, 5.41) is 11.1. The Kier molecular flexibility index (Phi) is 5.61. The molecule has 0 spiro atoms. The van der Waals surface area contributed by atoms with Gasteiger partial charge in [-0.25, -0.2) is 4.79 Å². The molecule has 0 saturated carbocycles. The van der Waals surface area contributed by atoms with Gasteiger partial charge in [0.2, 0.25) is 5.95 Å². The molecule has 1 aromatic carbocycles. The minimum Gasteiger partial charge on any atom is -0.423 e. The van der Waals surface area contributed by atoms with Gasteiger partial charge in [-0.1, -0.05) is 23.4 Å². The van der Waals surface area contributed by atoms with Crippen molar-refractivity contribution in [3.8, 4) is 0 Å². The van der Waals surface area contributed by atoms with Crippen LogP contribution in [0.4, 0.5) is 5.95 Å². The van der Waals surface area contributed by atoms with E-state index in [1.807, 2.05) is 13.0 Å².